The number of oxazole rings is 1. The molecular formula is C17H20N2O4. The zero-order chi connectivity index (χ0) is 16.4. The van der Waals surface area contributed by atoms with Crippen molar-refractivity contribution in [2.75, 3.05) is 19.8 Å². The zero-order valence-electron chi connectivity index (χ0n) is 13.2. The van der Waals surface area contributed by atoms with Gasteiger partial charge in [-0.05, 0) is 13.8 Å². The van der Waals surface area contributed by atoms with E-state index in [9.17, 15) is 9.90 Å². The molecule has 1 aromatic heterocycles. The van der Waals surface area contributed by atoms with E-state index in [0.717, 1.165) is 11.1 Å². The number of aliphatic hydroxyl groups excluding tert-OH is 1. The average molecular weight is 316 g/mol. The molecule has 1 amide bonds. The number of benzene rings is 1. The smallest absolute Gasteiger partial charge is 0.276 e. The van der Waals surface area contributed by atoms with Crippen LogP contribution in [-0.2, 0) is 4.74 Å². The van der Waals surface area contributed by atoms with Gasteiger partial charge in [0.15, 0.2) is 17.8 Å². The maximum atomic E-state index is 12.9. The van der Waals surface area contributed by atoms with Gasteiger partial charge in [0.05, 0.1) is 25.4 Å². The molecule has 1 aliphatic heterocycles. The van der Waals surface area contributed by atoms with Crippen LogP contribution in [0, 0.1) is 6.92 Å². The Labute approximate surface area is 134 Å². The predicted molar refractivity (Wildman–Crippen MR) is 84.0 cm³/mol. The fraction of sp³-hybridized carbons (Fsp3) is 0.412. The molecule has 122 valence electrons. The lowest BCUT2D eigenvalue weighted by molar-refractivity contribution is -0.0668. The van der Waals surface area contributed by atoms with Crippen LogP contribution in [0.5, 0.6) is 0 Å². The van der Waals surface area contributed by atoms with Gasteiger partial charge in [-0.1, -0.05) is 29.8 Å². The second-order valence-electron chi connectivity index (χ2n) is 5.84. The third-order valence-corrected chi connectivity index (χ3v) is 4.05. The van der Waals surface area contributed by atoms with Crippen molar-refractivity contribution in [3.8, 4) is 11.3 Å². The van der Waals surface area contributed by atoms with E-state index < -0.39 is 0 Å². The second-order valence-corrected chi connectivity index (χ2v) is 5.84. The normalized spacial score (nSPS) is 21.4. The summed E-state index contributed by atoms with van der Waals surface area (Å²) in [6, 6.07) is 7.67. The Hall–Kier alpha value is -2.18. The van der Waals surface area contributed by atoms with Crippen LogP contribution in [0.3, 0.4) is 0 Å². The van der Waals surface area contributed by atoms with Crippen molar-refractivity contribution in [3.63, 3.8) is 0 Å². The largest absolute Gasteiger partial charge is 0.443 e. The first-order valence-corrected chi connectivity index (χ1v) is 7.64. The molecule has 0 saturated carbocycles. The number of amides is 1. The van der Waals surface area contributed by atoms with Gasteiger partial charge in [0.25, 0.3) is 5.91 Å². The van der Waals surface area contributed by atoms with Crippen LogP contribution in [0.2, 0.25) is 0 Å². The lowest BCUT2D eigenvalue weighted by Gasteiger charge is -2.37. The summed E-state index contributed by atoms with van der Waals surface area (Å²) in [5.74, 6) is 0.262. The molecule has 3 rings (SSSR count). The highest BCUT2D eigenvalue weighted by Gasteiger charge is 2.32. The molecule has 1 fully saturated rings. The summed E-state index contributed by atoms with van der Waals surface area (Å²) in [7, 11) is 0. The van der Waals surface area contributed by atoms with Crippen molar-refractivity contribution >= 4 is 5.91 Å². The van der Waals surface area contributed by atoms with Crippen molar-refractivity contribution in [2.45, 2.75) is 26.0 Å². The molecule has 1 aromatic carbocycles. The molecule has 6 nitrogen and oxygen atoms in total. The standard InChI is InChI=1S/C17H20N2O4/c1-11-3-5-13(6-4-11)16-15(18-10-23-16)17(21)19-7-14(8-20)22-9-12(19)2/h3-6,10,12,14,20H,7-9H2,1-2H3. The van der Waals surface area contributed by atoms with E-state index in [1.807, 2.05) is 38.1 Å². The molecule has 0 bridgehead atoms. The van der Waals surface area contributed by atoms with E-state index in [4.69, 9.17) is 9.15 Å². The maximum absolute atomic E-state index is 12.9. The summed E-state index contributed by atoms with van der Waals surface area (Å²) in [6.07, 6.45) is 0.932. The van der Waals surface area contributed by atoms with Gasteiger partial charge in [0, 0.05) is 12.1 Å². The minimum atomic E-state index is -0.357. The molecule has 1 N–H and O–H groups in total. The summed E-state index contributed by atoms with van der Waals surface area (Å²) in [5.41, 5.74) is 2.24. The van der Waals surface area contributed by atoms with Gasteiger partial charge in [-0.3, -0.25) is 4.79 Å². The number of nitrogens with zero attached hydrogens (tertiary/aromatic N) is 2. The van der Waals surface area contributed by atoms with Crippen LogP contribution in [0.4, 0.5) is 0 Å². The van der Waals surface area contributed by atoms with Gasteiger partial charge in [-0.15, -0.1) is 0 Å². The first-order chi connectivity index (χ1) is 11.1. The third kappa shape index (κ3) is 3.13. The third-order valence-electron chi connectivity index (χ3n) is 4.05. The van der Waals surface area contributed by atoms with Crippen LogP contribution in [0.15, 0.2) is 35.1 Å². The number of aliphatic hydroxyl groups is 1. The monoisotopic (exact) mass is 316 g/mol. The van der Waals surface area contributed by atoms with E-state index >= 15 is 0 Å². The summed E-state index contributed by atoms with van der Waals surface area (Å²) in [5, 5.41) is 9.27. The topological polar surface area (TPSA) is 75.8 Å². The van der Waals surface area contributed by atoms with E-state index in [1.165, 1.54) is 6.39 Å². The molecule has 0 aliphatic carbocycles. The van der Waals surface area contributed by atoms with E-state index in [2.05, 4.69) is 4.98 Å². The highest BCUT2D eigenvalue weighted by molar-refractivity contribution is 5.97. The first-order valence-electron chi connectivity index (χ1n) is 7.64. The Morgan fingerprint density at radius 3 is 2.83 bits per heavy atom. The number of hydrogen-bond acceptors (Lipinski definition) is 5. The van der Waals surface area contributed by atoms with Crippen LogP contribution in [-0.4, -0.2) is 52.8 Å². The fourth-order valence-corrected chi connectivity index (χ4v) is 2.66. The molecule has 2 heterocycles. The van der Waals surface area contributed by atoms with Crippen LogP contribution < -0.4 is 0 Å². The molecule has 2 aromatic rings. The molecule has 2 atom stereocenters. The Morgan fingerprint density at radius 2 is 2.13 bits per heavy atom. The van der Waals surface area contributed by atoms with Crippen LogP contribution in [0.25, 0.3) is 11.3 Å². The highest BCUT2D eigenvalue weighted by atomic mass is 16.5. The molecule has 0 radical (unpaired) electrons. The van der Waals surface area contributed by atoms with Crippen LogP contribution >= 0.6 is 0 Å². The van der Waals surface area contributed by atoms with Crippen molar-refractivity contribution in [2.24, 2.45) is 0 Å². The molecule has 1 aliphatic rings. The van der Waals surface area contributed by atoms with Gasteiger partial charge < -0.3 is 19.2 Å². The van der Waals surface area contributed by atoms with Crippen molar-refractivity contribution < 1.29 is 19.1 Å². The summed E-state index contributed by atoms with van der Waals surface area (Å²) in [4.78, 5) is 18.7. The Balaban J connectivity index is 1.88. The second kappa shape index (κ2) is 6.52. The van der Waals surface area contributed by atoms with Crippen molar-refractivity contribution in [3.05, 3.63) is 41.9 Å². The van der Waals surface area contributed by atoms with Crippen molar-refractivity contribution in [1.29, 1.82) is 0 Å². The molecule has 23 heavy (non-hydrogen) atoms. The molecule has 2 unspecified atom stereocenters. The summed E-state index contributed by atoms with van der Waals surface area (Å²) >= 11 is 0. The number of carbonyl (C=O) groups is 1. The Morgan fingerprint density at radius 1 is 1.39 bits per heavy atom. The maximum Gasteiger partial charge on any atom is 0.276 e. The first kappa shape index (κ1) is 15.7. The van der Waals surface area contributed by atoms with E-state index in [0.29, 0.717) is 24.6 Å². The summed E-state index contributed by atoms with van der Waals surface area (Å²) < 4.78 is 10.9. The number of rotatable bonds is 3. The number of aromatic nitrogens is 1. The lowest BCUT2D eigenvalue weighted by atomic mass is 10.1. The number of hydrogen-bond donors (Lipinski definition) is 1. The Kier molecular flexibility index (Phi) is 4.45. The van der Waals surface area contributed by atoms with Gasteiger partial charge in [-0.25, -0.2) is 4.98 Å². The van der Waals surface area contributed by atoms with Crippen LogP contribution in [0.1, 0.15) is 23.0 Å². The molecule has 1 saturated heterocycles. The average Bonchev–Trinajstić information content (AvgIpc) is 3.05. The predicted octanol–water partition coefficient (Wildman–Crippen LogP) is 1.87. The van der Waals surface area contributed by atoms with Gasteiger partial charge in [-0.2, -0.15) is 0 Å². The molecule has 0 spiro atoms. The van der Waals surface area contributed by atoms with Gasteiger partial charge in [0.2, 0.25) is 0 Å². The van der Waals surface area contributed by atoms with Gasteiger partial charge in [0.1, 0.15) is 0 Å². The van der Waals surface area contributed by atoms with E-state index in [-0.39, 0.29) is 24.7 Å². The lowest BCUT2D eigenvalue weighted by Crippen LogP contribution is -2.52. The molecule has 6 heteroatoms. The SMILES string of the molecule is Cc1ccc(-c2ocnc2C(=O)N2CC(CO)OCC2C)cc1. The highest BCUT2D eigenvalue weighted by Crippen LogP contribution is 2.26. The van der Waals surface area contributed by atoms with Gasteiger partial charge >= 0.3 is 0 Å². The number of morpholine rings is 1. The number of aryl methyl sites for hydroxylation is 1. The molecular weight excluding hydrogens is 296 g/mol. The fourth-order valence-electron chi connectivity index (χ4n) is 2.66. The summed E-state index contributed by atoms with van der Waals surface area (Å²) in [6.45, 7) is 4.54. The number of ether oxygens (including phenoxy) is 1. The zero-order valence-corrected chi connectivity index (χ0v) is 13.2. The van der Waals surface area contributed by atoms with Crippen molar-refractivity contribution in [1.82, 2.24) is 9.88 Å². The van der Waals surface area contributed by atoms with E-state index in [1.54, 1.807) is 4.90 Å². The minimum absolute atomic E-state index is 0.0760. The minimum Gasteiger partial charge on any atom is -0.443 e. The quantitative estimate of drug-likeness (QED) is 0.935. The Bertz CT molecular complexity index is 680. The number of carbonyl (C=O) groups excluding carboxylic acids is 1.